The van der Waals surface area contributed by atoms with Gasteiger partial charge >= 0.3 is 0 Å². The highest BCUT2D eigenvalue weighted by molar-refractivity contribution is 9.10. The van der Waals surface area contributed by atoms with Gasteiger partial charge in [0.15, 0.2) is 5.43 Å². The third kappa shape index (κ3) is 4.17. The van der Waals surface area contributed by atoms with Gasteiger partial charge in [-0.2, -0.15) is 0 Å². The second kappa shape index (κ2) is 7.41. The minimum Gasteiger partial charge on any atom is -0.355 e. The van der Waals surface area contributed by atoms with E-state index in [4.69, 9.17) is 0 Å². The molecule has 0 aliphatic carbocycles. The summed E-state index contributed by atoms with van der Waals surface area (Å²) in [6.45, 7) is 3.06. The first-order chi connectivity index (χ1) is 10.1. The Morgan fingerprint density at radius 1 is 1.29 bits per heavy atom. The fraction of sp³-hybridized carbons (Fsp3) is 0.375. The number of hydrogen-bond acceptors (Lipinski definition) is 2. The summed E-state index contributed by atoms with van der Waals surface area (Å²) in [6, 6.07) is 6.97. The van der Waals surface area contributed by atoms with Gasteiger partial charge < -0.3 is 9.88 Å². The van der Waals surface area contributed by atoms with Gasteiger partial charge in [0, 0.05) is 28.7 Å². The van der Waals surface area contributed by atoms with E-state index in [1.165, 1.54) is 6.07 Å². The average Bonchev–Trinajstić information content (AvgIpc) is 2.46. The molecule has 0 aliphatic rings. The molecule has 1 heterocycles. The van der Waals surface area contributed by atoms with Crippen LogP contribution in [0.5, 0.6) is 0 Å². The molecule has 112 valence electrons. The fourth-order valence-corrected chi connectivity index (χ4v) is 2.58. The highest BCUT2D eigenvalue weighted by Crippen LogP contribution is 2.17. The number of pyridine rings is 1. The summed E-state index contributed by atoms with van der Waals surface area (Å²) < 4.78 is 2.69. The zero-order chi connectivity index (χ0) is 15.2. The Hall–Kier alpha value is -1.62. The number of hydrogen-bond donors (Lipinski definition) is 1. The molecule has 0 saturated heterocycles. The van der Waals surface area contributed by atoms with Crippen LogP contribution >= 0.6 is 15.9 Å². The van der Waals surface area contributed by atoms with E-state index in [-0.39, 0.29) is 17.9 Å². The Labute approximate surface area is 132 Å². The SMILES string of the molecule is CCCCCNC(=O)Cn1ccc(=O)c2ccc(Br)cc21. The van der Waals surface area contributed by atoms with Crippen molar-refractivity contribution in [1.29, 1.82) is 0 Å². The van der Waals surface area contributed by atoms with E-state index in [2.05, 4.69) is 28.2 Å². The lowest BCUT2D eigenvalue weighted by Crippen LogP contribution is -2.28. The molecule has 1 amide bonds. The Kier molecular flexibility index (Phi) is 5.56. The Balaban J connectivity index is 2.15. The predicted molar refractivity (Wildman–Crippen MR) is 88.4 cm³/mol. The van der Waals surface area contributed by atoms with Gasteiger partial charge in [-0.3, -0.25) is 9.59 Å². The molecule has 0 saturated carbocycles. The lowest BCUT2D eigenvalue weighted by molar-refractivity contribution is -0.121. The first kappa shape index (κ1) is 15.8. The molecule has 0 aliphatic heterocycles. The zero-order valence-electron chi connectivity index (χ0n) is 12.1. The quantitative estimate of drug-likeness (QED) is 0.814. The number of fused-ring (bicyclic) bond motifs is 1. The van der Waals surface area contributed by atoms with Gasteiger partial charge in [-0.15, -0.1) is 0 Å². The molecule has 0 bridgehead atoms. The van der Waals surface area contributed by atoms with Crippen LogP contribution < -0.4 is 10.7 Å². The second-order valence-electron chi connectivity index (χ2n) is 5.03. The number of carbonyl (C=O) groups is 1. The fourth-order valence-electron chi connectivity index (χ4n) is 2.23. The lowest BCUT2D eigenvalue weighted by atomic mass is 10.2. The summed E-state index contributed by atoms with van der Waals surface area (Å²) in [5.41, 5.74) is 0.734. The first-order valence-electron chi connectivity index (χ1n) is 7.17. The van der Waals surface area contributed by atoms with Gasteiger partial charge in [0.05, 0.1) is 5.52 Å². The van der Waals surface area contributed by atoms with E-state index in [0.29, 0.717) is 11.9 Å². The van der Waals surface area contributed by atoms with Crippen molar-refractivity contribution in [2.24, 2.45) is 0 Å². The number of aromatic nitrogens is 1. The van der Waals surface area contributed by atoms with Crippen LogP contribution in [-0.2, 0) is 11.3 Å². The minimum absolute atomic E-state index is 0.0305. The van der Waals surface area contributed by atoms with Gasteiger partial charge in [-0.05, 0) is 24.6 Å². The van der Waals surface area contributed by atoms with Crippen molar-refractivity contribution in [3.05, 3.63) is 45.2 Å². The van der Waals surface area contributed by atoms with E-state index in [1.54, 1.807) is 16.8 Å². The van der Waals surface area contributed by atoms with Crippen LogP contribution in [0.1, 0.15) is 26.2 Å². The Bertz CT molecular complexity index is 694. The van der Waals surface area contributed by atoms with Crippen molar-refractivity contribution < 1.29 is 4.79 Å². The number of nitrogens with zero attached hydrogens (tertiary/aromatic N) is 1. The molecule has 2 aromatic rings. The summed E-state index contributed by atoms with van der Waals surface area (Å²) in [5.74, 6) is -0.0315. The van der Waals surface area contributed by atoms with Crippen molar-refractivity contribution in [1.82, 2.24) is 9.88 Å². The number of unbranched alkanes of at least 4 members (excludes halogenated alkanes) is 2. The van der Waals surface area contributed by atoms with E-state index in [0.717, 1.165) is 29.3 Å². The molecule has 1 N–H and O–H groups in total. The van der Waals surface area contributed by atoms with Crippen LogP contribution in [0.3, 0.4) is 0 Å². The molecular weight excluding hydrogens is 332 g/mol. The van der Waals surface area contributed by atoms with Crippen LogP contribution in [-0.4, -0.2) is 17.0 Å². The Morgan fingerprint density at radius 3 is 2.86 bits per heavy atom. The highest BCUT2D eigenvalue weighted by Gasteiger charge is 2.07. The number of rotatable bonds is 6. The highest BCUT2D eigenvalue weighted by atomic mass is 79.9. The van der Waals surface area contributed by atoms with Crippen molar-refractivity contribution >= 4 is 32.7 Å². The standard InChI is InChI=1S/C16H19BrN2O2/c1-2-3-4-8-18-16(21)11-19-9-7-15(20)13-6-5-12(17)10-14(13)19/h5-7,9-10H,2-4,8,11H2,1H3,(H,18,21). The lowest BCUT2D eigenvalue weighted by Gasteiger charge is -2.11. The van der Waals surface area contributed by atoms with Gasteiger partial charge in [0.1, 0.15) is 6.54 Å². The summed E-state index contributed by atoms with van der Waals surface area (Å²) >= 11 is 3.40. The van der Waals surface area contributed by atoms with Gasteiger partial charge in [-0.1, -0.05) is 35.7 Å². The normalized spacial score (nSPS) is 10.8. The third-order valence-electron chi connectivity index (χ3n) is 3.36. The number of amides is 1. The summed E-state index contributed by atoms with van der Waals surface area (Å²) in [4.78, 5) is 23.8. The molecule has 0 spiro atoms. The molecule has 1 aromatic heterocycles. The van der Waals surface area contributed by atoms with Crippen molar-refractivity contribution in [3.63, 3.8) is 0 Å². The molecule has 21 heavy (non-hydrogen) atoms. The molecule has 5 heteroatoms. The molecule has 0 atom stereocenters. The maximum atomic E-state index is 12.0. The zero-order valence-corrected chi connectivity index (χ0v) is 13.6. The molecular formula is C16H19BrN2O2. The molecule has 0 radical (unpaired) electrons. The Morgan fingerprint density at radius 2 is 2.10 bits per heavy atom. The molecule has 2 rings (SSSR count). The third-order valence-corrected chi connectivity index (χ3v) is 3.85. The van der Waals surface area contributed by atoms with Crippen LogP contribution in [0.4, 0.5) is 0 Å². The molecule has 4 nitrogen and oxygen atoms in total. The van der Waals surface area contributed by atoms with Crippen molar-refractivity contribution in [2.75, 3.05) is 6.54 Å². The predicted octanol–water partition coefficient (Wildman–Crippen LogP) is 3.07. The van der Waals surface area contributed by atoms with Crippen molar-refractivity contribution in [3.8, 4) is 0 Å². The van der Waals surface area contributed by atoms with Crippen LogP contribution in [0.15, 0.2) is 39.7 Å². The number of nitrogens with one attached hydrogen (secondary N) is 1. The topological polar surface area (TPSA) is 51.1 Å². The molecule has 0 unspecified atom stereocenters. The van der Waals surface area contributed by atoms with Crippen LogP contribution in [0.25, 0.3) is 10.9 Å². The van der Waals surface area contributed by atoms with Gasteiger partial charge in [0.25, 0.3) is 0 Å². The monoisotopic (exact) mass is 350 g/mol. The molecule has 1 aromatic carbocycles. The number of halogens is 1. The van der Waals surface area contributed by atoms with E-state index < -0.39 is 0 Å². The van der Waals surface area contributed by atoms with Gasteiger partial charge in [0.2, 0.25) is 5.91 Å². The average molecular weight is 351 g/mol. The van der Waals surface area contributed by atoms with Crippen LogP contribution in [0, 0.1) is 0 Å². The minimum atomic E-state index is -0.0315. The van der Waals surface area contributed by atoms with E-state index in [1.807, 2.05) is 12.1 Å². The largest absolute Gasteiger partial charge is 0.355 e. The second-order valence-corrected chi connectivity index (χ2v) is 5.94. The summed E-state index contributed by atoms with van der Waals surface area (Å²) in [7, 11) is 0. The number of benzene rings is 1. The van der Waals surface area contributed by atoms with E-state index in [9.17, 15) is 9.59 Å². The molecule has 0 fully saturated rings. The number of carbonyl (C=O) groups excluding carboxylic acids is 1. The van der Waals surface area contributed by atoms with E-state index >= 15 is 0 Å². The van der Waals surface area contributed by atoms with Crippen LogP contribution in [0.2, 0.25) is 0 Å². The maximum absolute atomic E-state index is 12.0. The summed E-state index contributed by atoms with van der Waals surface area (Å²) in [6.07, 6.45) is 4.92. The van der Waals surface area contributed by atoms with Gasteiger partial charge in [-0.25, -0.2) is 0 Å². The smallest absolute Gasteiger partial charge is 0.239 e. The maximum Gasteiger partial charge on any atom is 0.239 e. The summed E-state index contributed by atoms with van der Waals surface area (Å²) in [5, 5.41) is 3.53. The van der Waals surface area contributed by atoms with Crippen molar-refractivity contribution in [2.45, 2.75) is 32.7 Å². The first-order valence-corrected chi connectivity index (χ1v) is 7.96.